The normalized spacial score (nSPS) is 10.1. The summed E-state index contributed by atoms with van der Waals surface area (Å²) in [6, 6.07) is 4.81. The number of rotatable bonds is 6. The Balaban J connectivity index is 2.41. The molecule has 0 heterocycles. The highest BCUT2D eigenvalue weighted by Gasteiger charge is 2.11. The minimum atomic E-state index is -0.555. The fraction of sp³-hybridized carbons (Fsp3) is 0.273. The van der Waals surface area contributed by atoms with Gasteiger partial charge in [-0.25, -0.2) is 0 Å². The molecule has 6 nitrogen and oxygen atoms in total. The summed E-state index contributed by atoms with van der Waals surface area (Å²) in [6.45, 7) is 0.265. The van der Waals surface area contributed by atoms with E-state index in [2.05, 4.69) is 5.32 Å². The summed E-state index contributed by atoms with van der Waals surface area (Å²) in [5, 5.41) is 2.80. The molecular weight excluding hydrogens is 258 g/mol. The molecule has 7 heteroatoms. The van der Waals surface area contributed by atoms with Crippen molar-refractivity contribution in [2.45, 2.75) is 0 Å². The average Bonchev–Trinajstić information content (AvgIpc) is 2.31. The summed E-state index contributed by atoms with van der Waals surface area (Å²) in [5.41, 5.74) is 11.1. The van der Waals surface area contributed by atoms with Crippen LogP contribution < -0.4 is 16.8 Å². The average molecular weight is 272 g/mol. The number of nitrogens with one attached hydrogen (secondary N) is 1. The molecule has 0 aliphatic rings. The minimum Gasteiger partial charge on any atom is -0.398 e. The topological polar surface area (TPSA) is 107 Å². The van der Waals surface area contributed by atoms with Crippen LogP contribution in [-0.2, 0) is 9.53 Å². The van der Waals surface area contributed by atoms with Crippen molar-refractivity contribution in [1.29, 1.82) is 0 Å². The number of carbonyl (C=O) groups is 2. The van der Waals surface area contributed by atoms with Crippen LogP contribution in [0.1, 0.15) is 10.4 Å². The van der Waals surface area contributed by atoms with Crippen molar-refractivity contribution < 1.29 is 14.3 Å². The van der Waals surface area contributed by atoms with E-state index in [9.17, 15) is 9.59 Å². The molecule has 1 rings (SSSR count). The summed E-state index contributed by atoms with van der Waals surface area (Å²) in [6.07, 6.45) is 0. The third kappa shape index (κ3) is 4.23. The van der Waals surface area contributed by atoms with Crippen LogP contribution in [-0.4, -0.2) is 31.6 Å². The van der Waals surface area contributed by atoms with Gasteiger partial charge in [0.1, 0.15) is 6.61 Å². The van der Waals surface area contributed by atoms with Crippen molar-refractivity contribution in [3.63, 3.8) is 0 Å². The van der Waals surface area contributed by atoms with Gasteiger partial charge in [0.2, 0.25) is 5.91 Å². The van der Waals surface area contributed by atoms with Crippen LogP contribution in [0.4, 0.5) is 5.69 Å². The highest BCUT2D eigenvalue weighted by atomic mass is 35.5. The van der Waals surface area contributed by atoms with Crippen LogP contribution >= 0.6 is 11.6 Å². The summed E-state index contributed by atoms with van der Waals surface area (Å²) in [4.78, 5) is 22.1. The SMILES string of the molecule is NC(=O)COCCNC(=O)c1cccc(N)c1Cl. The Bertz CT molecular complexity index is 451. The van der Waals surface area contributed by atoms with Gasteiger partial charge in [0.05, 0.1) is 22.9 Å². The molecule has 1 aromatic rings. The molecule has 0 radical (unpaired) electrons. The van der Waals surface area contributed by atoms with E-state index in [0.717, 1.165) is 0 Å². The van der Waals surface area contributed by atoms with Crippen molar-refractivity contribution in [1.82, 2.24) is 5.32 Å². The number of ether oxygens (including phenoxy) is 1. The van der Waals surface area contributed by atoms with Crippen LogP contribution in [0, 0.1) is 0 Å². The molecule has 0 aliphatic carbocycles. The van der Waals surface area contributed by atoms with Gasteiger partial charge in [-0.1, -0.05) is 17.7 Å². The third-order valence-corrected chi connectivity index (χ3v) is 2.47. The number of halogens is 1. The van der Waals surface area contributed by atoms with Gasteiger partial charge in [0.15, 0.2) is 0 Å². The molecule has 0 bridgehead atoms. The molecule has 2 amide bonds. The van der Waals surface area contributed by atoms with Gasteiger partial charge in [-0.05, 0) is 12.1 Å². The van der Waals surface area contributed by atoms with Crippen LogP contribution in [0.25, 0.3) is 0 Å². The van der Waals surface area contributed by atoms with E-state index in [1.807, 2.05) is 0 Å². The molecule has 0 saturated carbocycles. The molecule has 5 N–H and O–H groups in total. The highest BCUT2D eigenvalue weighted by Crippen LogP contribution is 2.22. The lowest BCUT2D eigenvalue weighted by Crippen LogP contribution is -2.29. The number of anilines is 1. The van der Waals surface area contributed by atoms with Gasteiger partial charge in [0.25, 0.3) is 5.91 Å². The zero-order chi connectivity index (χ0) is 13.5. The van der Waals surface area contributed by atoms with Gasteiger partial charge < -0.3 is 21.5 Å². The Hall–Kier alpha value is -1.79. The molecule has 18 heavy (non-hydrogen) atoms. The van der Waals surface area contributed by atoms with Crippen molar-refractivity contribution >= 4 is 29.1 Å². The summed E-state index contributed by atoms with van der Waals surface area (Å²) in [5.74, 6) is -0.907. The lowest BCUT2D eigenvalue weighted by Gasteiger charge is -2.08. The first kappa shape index (κ1) is 14.3. The maximum Gasteiger partial charge on any atom is 0.252 e. The predicted molar refractivity (Wildman–Crippen MR) is 68.2 cm³/mol. The van der Waals surface area contributed by atoms with E-state index in [1.165, 1.54) is 0 Å². The first-order chi connectivity index (χ1) is 8.52. The van der Waals surface area contributed by atoms with Gasteiger partial charge in [-0.3, -0.25) is 9.59 Å². The highest BCUT2D eigenvalue weighted by molar-refractivity contribution is 6.36. The second-order valence-corrected chi connectivity index (χ2v) is 3.86. The van der Waals surface area contributed by atoms with E-state index >= 15 is 0 Å². The summed E-state index contributed by atoms with van der Waals surface area (Å²) in [7, 11) is 0. The standard InChI is InChI=1S/C11H14ClN3O3/c12-10-7(2-1-3-8(10)13)11(17)15-4-5-18-6-9(14)16/h1-3H,4-6,13H2,(H2,14,16)(H,15,17). The van der Waals surface area contributed by atoms with Gasteiger partial charge >= 0.3 is 0 Å². The van der Waals surface area contributed by atoms with Crippen molar-refractivity contribution in [2.75, 3.05) is 25.5 Å². The first-order valence-corrected chi connectivity index (χ1v) is 5.58. The Labute approximate surface area is 109 Å². The minimum absolute atomic E-state index is 0.172. The number of nitrogens with two attached hydrogens (primary N) is 2. The number of hydrogen-bond donors (Lipinski definition) is 3. The number of primary amides is 1. The van der Waals surface area contributed by atoms with E-state index in [0.29, 0.717) is 11.3 Å². The zero-order valence-electron chi connectivity index (χ0n) is 9.61. The van der Waals surface area contributed by atoms with Gasteiger partial charge in [0, 0.05) is 6.54 Å². The third-order valence-electron chi connectivity index (χ3n) is 2.05. The number of nitrogen functional groups attached to an aromatic ring is 1. The maximum atomic E-state index is 11.7. The van der Waals surface area contributed by atoms with Crippen LogP contribution in [0.15, 0.2) is 18.2 Å². The van der Waals surface area contributed by atoms with Crippen LogP contribution in [0.5, 0.6) is 0 Å². The number of carbonyl (C=O) groups excluding carboxylic acids is 2. The van der Waals surface area contributed by atoms with Crippen LogP contribution in [0.3, 0.4) is 0 Å². The molecule has 98 valence electrons. The molecule has 1 aromatic carbocycles. The number of amides is 2. The van der Waals surface area contributed by atoms with E-state index in [4.69, 9.17) is 27.8 Å². The quantitative estimate of drug-likeness (QED) is 0.506. The Morgan fingerprint density at radius 3 is 2.78 bits per heavy atom. The summed E-state index contributed by atoms with van der Waals surface area (Å²) < 4.78 is 4.89. The molecule has 0 saturated heterocycles. The molecule has 0 spiro atoms. The predicted octanol–water partition coefficient (Wildman–Crippen LogP) is 0.154. The molecule has 0 unspecified atom stereocenters. The van der Waals surface area contributed by atoms with E-state index < -0.39 is 5.91 Å². The fourth-order valence-electron chi connectivity index (χ4n) is 1.23. The molecule has 0 aliphatic heterocycles. The molecular formula is C11H14ClN3O3. The molecule has 0 aromatic heterocycles. The lowest BCUT2D eigenvalue weighted by atomic mass is 10.2. The van der Waals surface area contributed by atoms with Gasteiger partial charge in [-0.2, -0.15) is 0 Å². The lowest BCUT2D eigenvalue weighted by molar-refractivity contribution is -0.122. The Kier molecular flexibility index (Phi) is 5.41. The van der Waals surface area contributed by atoms with Crippen LogP contribution in [0.2, 0.25) is 5.02 Å². The second-order valence-electron chi connectivity index (χ2n) is 3.48. The zero-order valence-corrected chi connectivity index (χ0v) is 10.4. The Morgan fingerprint density at radius 1 is 1.39 bits per heavy atom. The van der Waals surface area contributed by atoms with E-state index in [-0.39, 0.29) is 30.7 Å². The summed E-state index contributed by atoms with van der Waals surface area (Å²) >= 11 is 5.89. The fourth-order valence-corrected chi connectivity index (χ4v) is 1.44. The van der Waals surface area contributed by atoms with Gasteiger partial charge in [-0.15, -0.1) is 0 Å². The Morgan fingerprint density at radius 2 is 2.11 bits per heavy atom. The molecule has 0 fully saturated rings. The molecule has 0 atom stereocenters. The number of hydrogen-bond acceptors (Lipinski definition) is 4. The van der Waals surface area contributed by atoms with Crippen molar-refractivity contribution in [3.05, 3.63) is 28.8 Å². The van der Waals surface area contributed by atoms with Crippen molar-refractivity contribution in [3.8, 4) is 0 Å². The second kappa shape index (κ2) is 6.83. The van der Waals surface area contributed by atoms with Crippen molar-refractivity contribution in [2.24, 2.45) is 5.73 Å². The monoisotopic (exact) mass is 271 g/mol. The largest absolute Gasteiger partial charge is 0.398 e. The maximum absolute atomic E-state index is 11.7. The smallest absolute Gasteiger partial charge is 0.252 e. The van der Waals surface area contributed by atoms with E-state index in [1.54, 1.807) is 18.2 Å². The first-order valence-electron chi connectivity index (χ1n) is 5.20. The number of benzene rings is 1.